The summed E-state index contributed by atoms with van der Waals surface area (Å²) >= 11 is 0. The summed E-state index contributed by atoms with van der Waals surface area (Å²) in [5, 5.41) is 2.89. The van der Waals surface area contributed by atoms with Crippen LogP contribution in [-0.2, 0) is 23.1 Å². The van der Waals surface area contributed by atoms with Crippen LogP contribution in [0.3, 0.4) is 0 Å². The lowest BCUT2D eigenvalue weighted by Crippen LogP contribution is -2.49. The maximum atomic E-state index is 12.3. The number of aryl methyl sites for hydroxylation is 1. The van der Waals surface area contributed by atoms with E-state index in [9.17, 15) is 4.79 Å². The molecular weight excluding hydrogens is 280 g/mol. The van der Waals surface area contributed by atoms with E-state index in [1.54, 1.807) is 6.20 Å². The summed E-state index contributed by atoms with van der Waals surface area (Å²) in [6.07, 6.45) is 3.13. The molecule has 1 aliphatic rings. The van der Waals surface area contributed by atoms with Crippen molar-refractivity contribution in [2.45, 2.75) is 12.6 Å². The molecule has 0 aliphatic carbocycles. The van der Waals surface area contributed by atoms with Crippen molar-refractivity contribution in [1.29, 1.82) is 0 Å². The second kappa shape index (κ2) is 6.62. The van der Waals surface area contributed by atoms with Gasteiger partial charge in [0.05, 0.1) is 19.7 Å². The summed E-state index contributed by atoms with van der Waals surface area (Å²) in [6, 6.07) is 10.1. The molecular formula is C16H20N4O2. The van der Waals surface area contributed by atoms with E-state index < -0.39 is 6.10 Å². The number of morpholine rings is 1. The van der Waals surface area contributed by atoms with Crippen molar-refractivity contribution in [2.24, 2.45) is 7.05 Å². The van der Waals surface area contributed by atoms with Crippen LogP contribution in [0.25, 0.3) is 0 Å². The molecule has 116 valence electrons. The van der Waals surface area contributed by atoms with Crippen molar-refractivity contribution >= 4 is 11.6 Å². The van der Waals surface area contributed by atoms with Gasteiger partial charge in [0.1, 0.15) is 5.82 Å². The Kier molecular flexibility index (Phi) is 4.39. The molecule has 6 heteroatoms. The van der Waals surface area contributed by atoms with E-state index in [-0.39, 0.29) is 5.91 Å². The van der Waals surface area contributed by atoms with E-state index in [2.05, 4.69) is 15.2 Å². The normalized spacial score (nSPS) is 18.2. The first kappa shape index (κ1) is 14.6. The number of rotatable bonds is 4. The van der Waals surface area contributed by atoms with Crippen LogP contribution >= 0.6 is 0 Å². The minimum absolute atomic E-state index is 0.0939. The van der Waals surface area contributed by atoms with Crippen LogP contribution in [0, 0.1) is 0 Å². The van der Waals surface area contributed by atoms with Gasteiger partial charge in [0.15, 0.2) is 6.10 Å². The molecule has 2 aromatic rings. The van der Waals surface area contributed by atoms with Crippen LogP contribution in [-0.4, -0.2) is 41.3 Å². The predicted octanol–water partition coefficient (Wildman–Crippen LogP) is 0.942. The molecule has 1 aromatic heterocycles. The zero-order chi connectivity index (χ0) is 15.4. The number of hydrogen-bond acceptors (Lipinski definition) is 4. The number of nitrogens with one attached hydrogen (secondary N) is 1. The van der Waals surface area contributed by atoms with Crippen LogP contribution in [0.15, 0.2) is 42.7 Å². The number of carbonyl (C=O) groups is 1. The average Bonchev–Trinajstić information content (AvgIpc) is 2.99. The van der Waals surface area contributed by atoms with Gasteiger partial charge in [-0.1, -0.05) is 18.2 Å². The number of amides is 1. The molecule has 0 unspecified atom stereocenters. The Hall–Kier alpha value is -2.34. The minimum Gasteiger partial charge on any atom is -0.366 e. The van der Waals surface area contributed by atoms with E-state index in [1.165, 1.54) is 0 Å². The van der Waals surface area contributed by atoms with Crippen molar-refractivity contribution in [2.75, 3.05) is 24.6 Å². The van der Waals surface area contributed by atoms with Gasteiger partial charge in [-0.25, -0.2) is 4.98 Å². The average molecular weight is 300 g/mol. The number of hydrogen-bond donors (Lipinski definition) is 1. The number of ether oxygens (including phenoxy) is 1. The SMILES string of the molecule is Cn1ccnc1CNC(=O)[C@H]1CN(c2ccccc2)CCO1. The van der Waals surface area contributed by atoms with Crippen molar-refractivity contribution < 1.29 is 9.53 Å². The van der Waals surface area contributed by atoms with Gasteiger partial charge in [-0.2, -0.15) is 0 Å². The van der Waals surface area contributed by atoms with Gasteiger partial charge in [0.2, 0.25) is 0 Å². The third-order valence-corrected chi connectivity index (χ3v) is 3.82. The smallest absolute Gasteiger partial charge is 0.251 e. The van der Waals surface area contributed by atoms with Gasteiger partial charge < -0.3 is 19.5 Å². The highest BCUT2D eigenvalue weighted by molar-refractivity contribution is 5.81. The van der Waals surface area contributed by atoms with Crippen LogP contribution < -0.4 is 10.2 Å². The third kappa shape index (κ3) is 3.28. The van der Waals surface area contributed by atoms with Crippen LogP contribution in [0.2, 0.25) is 0 Å². The third-order valence-electron chi connectivity index (χ3n) is 3.82. The topological polar surface area (TPSA) is 59.4 Å². The second-order valence-electron chi connectivity index (χ2n) is 5.31. The molecule has 0 saturated carbocycles. The summed E-state index contributed by atoms with van der Waals surface area (Å²) < 4.78 is 7.50. The Balaban J connectivity index is 1.57. The highest BCUT2D eigenvalue weighted by Crippen LogP contribution is 2.17. The number of anilines is 1. The lowest BCUT2D eigenvalue weighted by atomic mass is 10.2. The largest absolute Gasteiger partial charge is 0.366 e. The Morgan fingerprint density at radius 2 is 2.23 bits per heavy atom. The molecule has 1 aliphatic heterocycles. The number of benzene rings is 1. The van der Waals surface area contributed by atoms with Crippen molar-refractivity contribution in [3.63, 3.8) is 0 Å². The molecule has 22 heavy (non-hydrogen) atoms. The van der Waals surface area contributed by atoms with Gasteiger partial charge in [-0.05, 0) is 12.1 Å². The molecule has 1 N–H and O–H groups in total. The maximum absolute atomic E-state index is 12.3. The number of carbonyl (C=O) groups excluding carboxylic acids is 1. The standard InChI is InChI=1S/C16H20N4O2/c1-19-8-7-17-15(19)11-18-16(21)14-12-20(9-10-22-14)13-5-3-2-4-6-13/h2-8,14H,9-12H2,1H3,(H,18,21)/t14-/m1/s1. The highest BCUT2D eigenvalue weighted by Gasteiger charge is 2.26. The predicted molar refractivity (Wildman–Crippen MR) is 83.4 cm³/mol. The lowest BCUT2D eigenvalue weighted by molar-refractivity contribution is -0.133. The molecule has 1 aromatic carbocycles. The summed E-state index contributed by atoms with van der Waals surface area (Å²) in [5.74, 6) is 0.729. The van der Waals surface area contributed by atoms with E-state index in [0.717, 1.165) is 18.1 Å². The Morgan fingerprint density at radius 3 is 2.95 bits per heavy atom. The molecule has 0 bridgehead atoms. The second-order valence-corrected chi connectivity index (χ2v) is 5.31. The number of imidazole rings is 1. The van der Waals surface area contributed by atoms with Gasteiger partial charge in [0, 0.05) is 31.7 Å². The summed E-state index contributed by atoms with van der Waals surface area (Å²) in [7, 11) is 1.91. The Labute approximate surface area is 129 Å². The molecule has 6 nitrogen and oxygen atoms in total. The van der Waals surface area contributed by atoms with Gasteiger partial charge in [-0.3, -0.25) is 4.79 Å². The molecule has 1 amide bonds. The number of aromatic nitrogens is 2. The van der Waals surface area contributed by atoms with E-state index in [4.69, 9.17) is 4.74 Å². The van der Waals surface area contributed by atoms with Crippen LogP contribution in [0.1, 0.15) is 5.82 Å². The molecule has 0 spiro atoms. The fourth-order valence-electron chi connectivity index (χ4n) is 2.53. The summed E-state index contributed by atoms with van der Waals surface area (Å²) in [5.41, 5.74) is 1.12. The molecule has 1 saturated heterocycles. The van der Waals surface area contributed by atoms with Crippen molar-refractivity contribution in [3.05, 3.63) is 48.5 Å². The van der Waals surface area contributed by atoms with E-state index in [1.807, 2.05) is 48.1 Å². The quantitative estimate of drug-likeness (QED) is 0.913. The molecule has 0 radical (unpaired) electrons. The summed E-state index contributed by atoms with van der Waals surface area (Å²) in [4.78, 5) is 18.6. The van der Waals surface area contributed by atoms with Gasteiger partial charge >= 0.3 is 0 Å². The van der Waals surface area contributed by atoms with Crippen molar-refractivity contribution in [1.82, 2.24) is 14.9 Å². The minimum atomic E-state index is -0.450. The monoisotopic (exact) mass is 300 g/mol. The van der Waals surface area contributed by atoms with E-state index >= 15 is 0 Å². The first-order valence-corrected chi connectivity index (χ1v) is 7.39. The Bertz CT molecular complexity index is 626. The molecule has 1 fully saturated rings. The number of para-hydroxylation sites is 1. The van der Waals surface area contributed by atoms with Gasteiger partial charge in [-0.15, -0.1) is 0 Å². The zero-order valence-corrected chi connectivity index (χ0v) is 12.6. The fraction of sp³-hybridized carbons (Fsp3) is 0.375. The lowest BCUT2D eigenvalue weighted by Gasteiger charge is -2.33. The van der Waals surface area contributed by atoms with Gasteiger partial charge in [0.25, 0.3) is 5.91 Å². The first-order valence-electron chi connectivity index (χ1n) is 7.39. The fourth-order valence-corrected chi connectivity index (χ4v) is 2.53. The van der Waals surface area contributed by atoms with Crippen molar-refractivity contribution in [3.8, 4) is 0 Å². The molecule has 2 heterocycles. The van der Waals surface area contributed by atoms with Crippen LogP contribution in [0.4, 0.5) is 5.69 Å². The van der Waals surface area contributed by atoms with Crippen LogP contribution in [0.5, 0.6) is 0 Å². The summed E-state index contributed by atoms with van der Waals surface area (Å²) in [6.45, 7) is 2.33. The first-order chi connectivity index (χ1) is 10.7. The highest BCUT2D eigenvalue weighted by atomic mass is 16.5. The Morgan fingerprint density at radius 1 is 1.41 bits per heavy atom. The maximum Gasteiger partial charge on any atom is 0.251 e. The zero-order valence-electron chi connectivity index (χ0n) is 12.6. The van der Waals surface area contributed by atoms with E-state index in [0.29, 0.717) is 19.7 Å². The molecule has 3 rings (SSSR count). The number of nitrogens with zero attached hydrogens (tertiary/aromatic N) is 3. The molecule has 1 atom stereocenters.